The number of aromatic hydroxyl groups is 1. The maximum atomic E-state index is 12.3. The molecule has 21 heavy (non-hydrogen) atoms. The van der Waals surface area contributed by atoms with Gasteiger partial charge in [-0.2, -0.15) is 0 Å². The number of amides is 1. The smallest absolute Gasteiger partial charge is 0.255 e. The van der Waals surface area contributed by atoms with Gasteiger partial charge in [-0.05, 0) is 36.7 Å². The number of rotatable bonds is 5. The molecule has 0 aliphatic rings. The van der Waals surface area contributed by atoms with Gasteiger partial charge in [0.25, 0.3) is 5.91 Å². The van der Waals surface area contributed by atoms with Gasteiger partial charge in [-0.1, -0.05) is 18.2 Å². The summed E-state index contributed by atoms with van der Waals surface area (Å²) in [7, 11) is 1.47. The predicted octanol–water partition coefficient (Wildman–Crippen LogP) is 2.15. The summed E-state index contributed by atoms with van der Waals surface area (Å²) in [5.74, 6) is 0.102. The molecule has 1 amide bonds. The number of ether oxygens (including phenoxy) is 1. The third-order valence-corrected chi connectivity index (χ3v) is 3.11. The van der Waals surface area contributed by atoms with Crippen molar-refractivity contribution >= 4 is 11.6 Å². The Hall–Kier alpha value is -2.53. The van der Waals surface area contributed by atoms with E-state index >= 15 is 0 Å². The Morgan fingerprint density at radius 3 is 2.71 bits per heavy atom. The number of methoxy groups -OCH3 is 1. The van der Waals surface area contributed by atoms with Gasteiger partial charge in [-0.3, -0.25) is 4.79 Å². The van der Waals surface area contributed by atoms with Gasteiger partial charge in [0, 0.05) is 17.3 Å². The molecule has 0 saturated carbocycles. The fourth-order valence-corrected chi connectivity index (χ4v) is 2.08. The van der Waals surface area contributed by atoms with E-state index in [4.69, 9.17) is 10.5 Å². The van der Waals surface area contributed by atoms with Crippen molar-refractivity contribution in [3.05, 3.63) is 53.6 Å². The lowest BCUT2D eigenvalue weighted by atomic mass is 10.0. The fourth-order valence-electron chi connectivity index (χ4n) is 2.08. The van der Waals surface area contributed by atoms with Crippen LogP contribution in [0.25, 0.3) is 0 Å². The van der Waals surface area contributed by atoms with Crippen LogP contribution in [0.3, 0.4) is 0 Å². The molecule has 0 spiro atoms. The Balaban J connectivity index is 2.20. The van der Waals surface area contributed by atoms with Crippen molar-refractivity contribution in [3.63, 3.8) is 0 Å². The lowest BCUT2D eigenvalue weighted by Gasteiger charge is -2.11. The maximum absolute atomic E-state index is 12.3. The predicted molar refractivity (Wildman–Crippen MR) is 81.8 cm³/mol. The molecule has 2 rings (SSSR count). The molecule has 110 valence electrons. The molecule has 0 fully saturated rings. The Morgan fingerprint density at radius 1 is 1.29 bits per heavy atom. The number of hydrogen-bond donors (Lipinski definition) is 3. The molecule has 5 nitrogen and oxygen atoms in total. The molecule has 0 aliphatic carbocycles. The number of phenols is 1. The average molecular weight is 286 g/mol. The molecule has 0 aromatic heterocycles. The topological polar surface area (TPSA) is 84.6 Å². The molecule has 0 heterocycles. The average Bonchev–Trinajstić information content (AvgIpc) is 2.48. The van der Waals surface area contributed by atoms with E-state index in [1.807, 2.05) is 12.1 Å². The number of hydrogen-bond acceptors (Lipinski definition) is 4. The van der Waals surface area contributed by atoms with Crippen LogP contribution in [0.15, 0.2) is 42.5 Å². The Labute approximate surface area is 123 Å². The fraction of sp³-hybridized carbons (Fsp3) is 0.188. The number of anilines is 1. The van der Waals surface area contributed by atoms with Crippen molar-refractivity contribution in [1.29, 1.82) is 0 Å². The number of nitrogens with two attached hydrogens (primary N) is 1. The van der Waals surface area contributed by atoms with Gasteiger partial charge in [0.2, 0.25) is 0 Å². The molecule has 4 N–H and O–H groups in total. The van der Waals surface area contributed by atoms with E-state index in [0.717, 1.165) is 5.56 Å². The summed E-state index contributed by atoms with van der Waals surface area (Å²) >= 11 is 0. The summed E-state index contributed by atoms with van der Waals surface area (Å²) < 4.78 is 4.96. The van der Waals surface area contributed by atoms with Crippen LogP contribution in [-0.2, 0) is 6.42 Å². The van der Waals surface area contributed by atoms with Crippen molar-refractivity contribution in [1.82, 2.24) is 0 Å². The van der Waals surface area contributed by atoms with E-state index in [2.05, 4.69) is 5.32 Å². The zero-order valence-electron chi connectivity index (χ0n) is 11.8. The minimum absolute atomic E-state index is 0.0226. The molecule has 0 aliphatic heterocycles. The Kier molecular flexibility index (Phi) is 4.79. The van der Waals surface area contributed by atoms with E-state index in [-0.39, 0.29) is 11.7 Å². The standard InChI is InChI=1S/C16H18N2O3/c1-21-15-7-6-12(10-14(15)19)18-16(20)13-5-3-2-4-11(13)8-9-17/h2-7,10,19H,8-9,17H2,1H3,(H,18,20). The van der Waals surface area contributed by atoms with Crippen molar-refractivity contribution < 1.29 is 14.6 Å². The second kappa shape index (κ2) is 6.76. The van der Waals surface area contributed by atoms with Crippen LogP contribution in [0, 0.1) is 0 Å². The minimum atomic E-state index is -0.233. The van der Waals surface area contributed by atoms with Crippen molar-refractivity contribution in [2.24, 2.45) is 5.73 Å². The van der Waals surface area contributed by atoms with Crippen molar-refractivity contribution in [2.45, 2.75) is 6.42 Å². The summed E-state index contributed by atoms with van der Waals surface area (Å²) in [5, 5.41) is 12.5. The molecule has 0 bridgehead atoms. The zero-order chi connectivity index (χ0) is 15.2. The second-order valence-electron chi connectivity index (χ2n) is 4.54. The number of phenolic OH excluding ortho intramolecular Hbond substituents is 1. The van der Waals surface area contributed by atoms with Crippen molar-refractivity contribution in [2.75, 3.05) is 19.0 Å². The van der Waals surface area contributed by atoms with Crippen LogP contribution < -0.4 is 15.8 Å². The number of nitrogens with one attached hydrogen (secondary N) is 1. The number of benzene rings is 2. The van der Waals surface area contributed by atoms with E-state index in [0.29, 0.717) is 30.0 Å². The van der Waals surface area contributed by atoms with Gasteiger partial charge in [0.15, 0.2) is 11.5 Å². The minimum Gasteiger partial charge on any atom is -0.504 e. The monoisotopic (exact) mass is 286 g/mol. The maximum Gasteiger partial charge on any atom is 0.255 e. The highest BCUT2D eigenvalue weighted by atomic mass is 16.5. The van der Waals surface area contributed by atoms with Gasteiger partial charge >= 0.3 is 0 Å². The first-order valence-electron chi connectivity index (χ1n) is 6.62. The number of carbonyl (C=O) groups is 1. The van der Waals surface area contributed by atoms with Crippen molar-refractivity contribution in [3.8, 4) is 11.5 Å². The molecular formula is C16H18N2O3. The highest BCUT2D eigenvalue weighted by molar-refractivity contribution is 6.05. The third kappa shape index (κ3) is 3.52. The van der Waals surface area contributed by atoms with Crippen LogP contribution in [0.4, 0.5) is 5.69 Å². The molecule has 2 aromatic carbocycles. The van der Waals surface area contributed by atoms with Crippen LogP contribution in [0.1, 0.15) is 15.9 Å². The Morgan fingerprint density at radius 2 is 2.05 bits per heavy atom. The van der Waals surface area contributed by atoms with Gasteiger partial charge in [0.05, 0.1) is 7.11 Å². The quantitative estimate of drug-likeness (QED) is 0.786. The highest BCUT2D eigenvalue weighted by Crippen LogP contribution is 2.28. The second-order valence-corrected chi connectivity index (χ2v) is 4.54. The summed E-state index contributed by atoms with van der Waals surface area (Å²) in [6.07, 6.45) is 0.636. The lowest BCUT2D eigenvalue weighted by molar-refractivity contribution is 0.102. The van der Waals surface area contributed by atoms with E-state index < -0.39 is 0 Å². The molecular weight excluding hydrogens is 268 g/mol. The first-order chi connectivity index (χ1) is 10.2. The van der Waals surface area contributed by atoms with Gasteiger partial charge in [0.1, 0.15) is 0 Å². The number of carbonyl (C=O) groups excluding carboxylic acids is 1. The summed E-state index contributed by atoms with van der Waals surface area (Å²) in [6.45, 7) is 0.480. The first-order valence-corrected chi connectivity index (χ1v) is 6.62. The molecule has 0 saturated heterocycles. The van der Waals surface area contributed by atoms with Crippen LogP contribution in [-0.4, -0.2) is 24.7 Å². The molecule has 0 radical (unpaired) electrons. The Bertz CT molecular complexity index is 641. The summed E-state index contributed by atoms with van der Waals surface area (Å²) in [4.78, 5) is 12.3. The van der Waals surface area contributed by atoms with E-state index in [1.165, 1.54) is 13.2 Å². The third-order valence-electron chi connectivity index (χ3n) is 3.11. The zero-order valence-corrected chi connectivity index (χ0v) is 11.8. The molecule has 2 aromatic rings. The molecule has 5 heteroatoms. The summed E-state index contributed by atoms with van der Waals surface area (Å²) in [6, 6.07) is 12.0. The molecule has 0 atom stereocenters. The van der Waals surface area contributed by atoms with Crippen LogP contribution in [0.2, 0.25) is 0 Å². The van der Waals surface area contributed by atoms with E-state index in [9.17, 15) is 9.90 Å². The van der Waals surface area contributed by atoms with E-state index in [1.54, 1.807) is 24.3 Å². The first kappa shape index (κ1) is 14.9. The lowest BCUT2D eigenvalue weighted by Crippen LogP contribution is -2.15. The van der Waals surface area contributed by atoms with Crippen LogP contribution >= 0.6 is 0 Å². The van der Waals surface area contributed by atoms with Crippen LogP contribution in [0.5, 0.6) is 11.5 Å². The SMILES string of the molecule is COc1ccc(NC(=O)c2ccccc2CCN)cc1O. The van der Waals surface area contributed by atoms with Gasteiger partial charge in [-0.25, -0.2) is 0 Å². The van der Waals surface area contributed by atoms with Gasteiger partial charge in [-0.15, -0.1) is 0 Å². The van der Waals surface area contributed by atoms with Gasteiger partial charge < -0.3 is 20.9 Å². The largest absolute Gasteiger partial charge is 0.504 e. The molecule has 0 unspecified atom stereocenters. The summed E-state index contributed by atoms with van der Waals surface area (Å²) in [5.41, 5.74) is 7.54. The highest BCUT2D eigenvalue weighted by Gasteiger charge is 2.11. The normalized spacial score (nSPS) is 10.2.